The van der Waals surface area contributed by atoms with Crippen molar-refractivity contribution in [2.75, 3.05) is 0 Å². The summed E-state index contributed by atoms with van der Waals surface area (Å²) in [6.07, 6.45) is 1.66. The van der Waals surface area contributed by atoms with E-state index in [9.17, 15) is 0 Å². The molecule has 0 saturated heterocycles. The van der Waals surface area contributed by atoms with E-state index >= 15 is 0 Å². The lowest BCUT2D eigenvalue weighted by Gasteiger charge is -1.91. The second-order valence-electron chi connectivity index (χ2n) is 1.86. The lowest BCUT2D eigenvalue weighted by atomic mass is 10.3. The zero-order chi connectivity index (χ0) is 10.3. The fraction of sp³-hybridized carbons (Fsp3) is 0.167. The third-order valence-electron chi connectivity index (χ3n) is 0.943. The van der Waals surface area contributed by atoms with Crippen LogP contribution in [0.3, 0.4) is 0 Å². The van der Waals surface area contributed by atoms with Crippen LogP contribution < -0.4 is 0 Å². The predicted octanol–water partition coefficient (Wildman–Crippen LogP) is 2.13. The van der Waals surface area contributed by atoms with E-state index in [1.165, 1.54) is 0 Å². The van der Waals surface area contributed by atoms with E-state index in [0.29, 0.717) is 11.0 Å². The fourth-order valence-corrected chi connectivity index (χ4v) is 0.755. The Kier molecular flexibility index (Phi) is 5.92. The van der Waals surface area contributed by atoms with E-state index < -0.39 is 5.09 Å². The molecule has 0 aliphatic rings. The van der Waals surface area contributed by atoms with Crippen LogP contribution in [-0.4, -0.2) is 15.3 Å². The molecule has 1 N–H and O–H groups in total. The number of rotatable bonds is 1. The summed E-state index contributed by atoms with van der Waals surface area (Å²) in [5.74, 6) is 0.490. The van der Waals surface area contributed by atoms with E-state index in [2.05, 4.69) is 4.98 Å². The molecule has 0 amide bonds. The lowest BCUT2D eigenvalue weighted by molar-refractivity contribution is -0.742. The normalized spacial score (nSPS) is 8.46. The van der Waals surface area contributed by atoms with Gasteiger partial charge in [-0.3, -0.25) is 0 Å². The minimum atomic E-state index is -1.50. The van der Waals surface area contributed by atoms with Crippen LogP contribution in [0.5, 0.6) is 0 Å². The summed E-state index contributed by atoms with van der Waals surface area (Å²) in [6.45, 7) is 0. The molecule has 1 heterocycles. The Morgan fingerprint density at radius 1 is 1.62 bits per heavy atom. The molecule has 1 aromatic heterocycles. The van der Waals surface area contributed by atoms with E-state index in [-0.39, 0.29) is 0 Å². The minimum absolute atomic E-state index is 0.490. The largest absolute Gasteiger partial charge is 0.328 e. The van der Waals surface area contributed by atoms with Gasteiger partial charge in [-0.2, -0.15) is 0 Å². The molecule has 5 nitrogen and oxygen atoms in total. The standard InChI is InChI=1S/C6H5Cl2N.HNO3/c7-3-5-1-2-6(8)9-4-5;2-1(3)4/h1-2,4H,3H2;(H,2,3,4). The summed E-state index contributed by atoms with van der Waals surface area (Å²) in [5, 5.41) is 14.1. The molecule has 0 unspecified atom stereocenters. The van der Waals surface area contributed by atoms with Crippen LogP contribution >= 0.6 is 23.2 Å². The van der Waals surface area contributed by atoms with Crippen LogP contribution in [0, 0.1) is 10.1 Å². The van der Waals surface area contributed by atoms with Crippen LogP contribution in [0.4, 0.5) is 0 Å². The van der Waals surface area contributed by atoms with Crippen LogP contribution in [0.25, 0.3) is 0 Å². The molecule has 0 spiro atoms. The zero-order valence-electron chi connectivity index (χ0n) is 6.35. The fourth-order valence-electron chi connectivity index (χ4n) is 0.485. The van der Waals surface area contributed by atoms with Crippen molar-refractivity contribution in [2.45, 2.75) is 5.88 Å². The van der Waals surface area contributed by atoms with Gasteiger partial charge in [0, 0.05) is 12.1 Å². The van der Waals surface area contributed by atoms with Crippen molar-refractivity contribution in [2.24, 2.45) is 0 Å². The quantitative estimate of drug-likeness (QED) is 0.343. The van der Waals surface area contributed by atoms with Crippen molar-refractivity contribution >= 4 is 23.2 Å². The van der Waals surface area contributed by atoms with Crippen molar-refractivity contribution in [1.82, 2.24) is 4.98 Å². The summed E-state index contributed by atoms with van der Waals surface area (Å²) in [7, 11) is 0. The summed E-state index contributed by atoms with van der Waals surface area (Å²) < 4.78 is 0. The van der Waals surface area contributed by atoms with Crippen molar-refractivity contribution in [3.63, 3.8) is 0 Å². The zero-order valence-corrected chi connectivity index (χ0v) is 7.87. The van der Waals surface area contributed by atoms with Gasteiger partial charge in [-0.15, -0.1) is 21.7 Å². The summed E-state index contributed by atoms with van der Waals surface area (Å²) >= 11 is 11.0. The third kappa shape index (κ3) is 7.30. The average molecular weight is 225 g/mol. The third-order valence-corrected chi connectivity index (χ3v) is 1.48. The number of halogens is 2. The first-order chi connectivity index (χ1) is 6.06. The Bertz CT molecular complexity index is 261. The molecular weight excluding hydrogens is 219 g/mol. The van der Waals surface area contributed by atoms with Gasteiger partial charge in [0.2, 0.25) is 0 Å². The molecule has 0 radical (unpaired) electrons. The van der Waals surface area contributed by atoms with Gasteiger partial charge in [-0.25, -0.2) is 4.98 Å². The number of alkyl halides is 1. The van der Waals surface area contributed by atoms with Crippen molar-refractivity contribution in [1.29, 1.82) is 0 Å². The Morgan fingerprint density at radius 2 is 2.15 bits per heavy atom. The number of hydrogen-bond donors (Lipinski definition) is 1. The first-order valence-corrected chi connectivity index (χ1v) is 3.97. The number of hydrogen-bond acceptors (Lipinski definition) is 3. The molecule has 72 valence electrons. The predicted molar refractivity (Wildman–Crippen MR) is 47.6 cm³/mol. The van der Waals surface area contributed by atoms with E-state index in [4.69, 9.17) is 38.5 Å². The van der Waals surface area contributed by atoms with Gasteiger partial charge in [-0.1, -0.05) is 17.7 Å². The number of pyridine rings is 1. The Morgan fingerprint density at radius 3 is 2.46 bits per heavy atom. The lowest BCUT2D eigenvalue weighted by Crippen LogP contribution is -1.81. The van der Waals surface area contributed by atoms with Gasteiger partial charge in [0.05, 0.1) is 0 Å². The smallest absolute Gasteiger partial charge is 0.291 e. The van der Waals surface area contributed by atoms with Crippen LogP contribution in [0.1, 0.15) is 5.56 Å². The summed E-state index contributed by atoms with van der Waals surface area (Å²) in [4.78, 5) is 12.2. The van der Waals surface area contributed by atoms with Crippen molar-refractivity contribution in [3.8, 4) is 0 Å². The minimum Gasteiger partial charge on any atom is -0.328 e. The summed E-state index contributed by atoms with van der Waals surface area (Å²) in [5.41, 5.74) is 0.987. The van der Waals surface area contributed by atoms with Gasteiger partial charge in [0.1, 0.15) is 5.15 Å². The summed E-state index contributed by atoms with van der Waals surface area (Å²) in [6, 6.07) is 3.57. The first kappa shape index (κ1) is 11.9. The molecule has 1 aromatic rings. The first-order valence-electron chi connectivity index (χ1n) is 3.06. The van der Waals surface area contributed by atoms with Crippen molar-refractivity contribution in [3.05, 3.63) is 39.2 Å². The van der Waals surface area contributed by atoms with Crippen LogP contribution in [-0.2, 0) is 5.88 Å². The van der Waals surface area contributed by atoms with E-state index in [1.807, 2.05) is 6.07 Å². The van der Waals surface area contributed by atoms with Gasteiger partial charge >= 0.3 is 0 Å². The average Bonchev–Trinajstić information content (AvgIpc) is 2.05. The molecule has 0 atom stereocenters. The molecule has 0 aromatic carbocycles. The maximum atomic E-state index is 8.36. The Labute approximate surface area is 84.0 Å². The second kappa shape index (κ2) is 6.45. The molecule has 0 bridgehead atoms. The highest BCUT2D eigenvalue weighted by atomic mass is 35.5. The van der Waals surface area contributed by atoms with Gasteiger partial charge in [0.15, 0.2) is 0 Å². The molecule has 7 heteroatoms. The monoisotopic (exact) mass is 224 g/mol. The topological polar surface area (TPSA) is 76.3 Å². The second-order valence-corrected chi connectivity index (χ2v) is 2.52. The van der Waals surface area contributed by atoms with E-state index in [1.54, 1.807) is 12.3 Å². The number of nitrogens with zero attached hydrogens (tertiary/aromatic N) is 2. The van der Waals surface area contributed by atoms with Gasteiger partial charge in [0.25, 0.3) is 5.09 Å². The number of aromatic nitrogens is 1. The Balaban J connectivity index is 0.000000310. The molecule has 0 aliphatic carbocycles. The van der Waals surface area contributed by atoms with Crippen LogP contribution in [0.15, 0.2) is 18.3 Å². The molecule has 0 fully saturated rings. The molecule has 0 aliphatic heterocycles. The molecule has 0 saturated carbocycles. The highest BCUT2D eigenvalue weighted by molar-refractivity contribution is 6.29. The van der Waals surface area contributed by atoms with Crippen molar-refractivity contribution < 1.29 is 10.3 Å². The van der Waals surface area contributed by atoms with E-state index in [0.717, 1.165) is 5.56 Å². The maximum Gasteiger partial charge on any atom is 0.291 e. The van der Waals surface area contributed by atoms with Gasteiger partial charge in [-0.05, 0) is 11.6 Å². The molecule has 1 rings (SSSR count). The SMILES string of the molecule is ClCc1ccc(Cl)nc1.O=[N+]([O-])O. The highest BCUT2D eigenvalue weighted by Crippen LogP contribution is 2.06. The maximum absolute atomic E-state index is 8.36. The Hall–Kier alpha value is -1.07. The molecular formula is C6H6Cl2N2O3. The highest BCUT2D eigenvalue weighted by Gasteiger charge is 1.88. The van der Waals surface area contributed by atoms with Gasteiger partial charge < -0.3 is 5.21 Å². The van der Waals surface area contributed by atoms with Crippen LogP contribution in [0.2, 0.25) is 5.15 Å². The molecule has 13 heavy (non-hydrogen) atoms.